The van der Waals surface area contributed by atoms with Gasteiger partial charge in [0.25, 0.3) is 0 Å². The summed E-state index contributed by atoms with van der Waals surface area (Å²) < 4.78 is 7.61. The minimum absolute atomic E-state index is 0.590. The van der Waals surface area contributed by atoms with Gasteiger partial charge in [-0.2, -0.15) is 0 Å². The van der Waals surface area contributed by atoms with Crippen LogP contribution < -0.4 is 10.5 Å². The lowest BCUT2D eigenvalue weighted by Crippen LogP contribution is -2.03. The molecule has 0 spiro atoms. The molecule has 166 valence electrons. The number of methoxy groups -OCH3 is 1. The standard InChI is InChI=1S/C23H26N6OS2/c1-3-29-21(14-9-7-8-11-16(14)30-2)27-28-23(29)31-13-18-25-20(24)19-15-10-5-4-6-12-17(15)32-22(19)26-18/h7-9,11H,3-6,10,12-13H2,1-2H3,(H2,24,25,26). The second-order valence-electron chi connectivity index (χ2n) is 7.81. The van der Waals surface area contributed by atoms with Gasteiger partial charge in [0.2, 0.25) is 0 Å². The molecule has 0 atom stereocenters. The maximum absolute atomic E-state index is 6.41. The minimum atomic E-state index is 0.590. The van der Waals surface area contributed by atoms with Gasteiger partial charge in [-0.3, -0.25) is 0 Å². The smallest absolute Gasteiger partial charge is 0.191 e. The molecular formula is C23H26N6OS2. The third kappa shape index (κ3) is 3.84. The van der Waals surface area contributed by atoms with E-state index in [1.807, 2.05) is 24.3 Å². The highest BCUT2D eigenvalue weighted by Crippen LogP contribution is 2.38. The Hall–Kier alpha value is -2.65. The van der Waals surface area contributed by atoms with E-state index in [4.69, 9.17) is 15.5 Å². The number of nitrogen functional groups attached to an aromatic ring is 1. The summed E-state index contributed by atoms with van der Waals surface area (Å²) >= 11 is 3.37. The normalized spacial score (nSPS) is 13.8. The molecule has 2 N–H and O–H groups in total. The van der Waals surface area contributed by atoms with Crippen molar-refractivity contribution in [2.45, 2.75) is 56.5 Å². The molecule has 0 aliphatic heterocycles. The topological polar surface area (TPSA) is 91.7 Å². The molecule has 0 saturated heterocycles. The Morgan fingerprint density at radius 3 is 2.81 bits per heavy atom. The number of hydrogen-bond acceptors (Lipinski definition) is 8. The van der Waals surface area contributed by atoms with Crippen LogP contribution in [-0.2, 0) is 25.1 Å². The van der Waals surface area contributed by atoms with Crippen LogP contribution in [0.1, 0.15) is 42.5 Å². The van der Waals surface area contributed by atoms with Crippen LogP contribution in [0.5, 0.6) is 5.75 Å². The number of fused-ring (bicyclic) bond motifs is 3. The molecule has 1 aromatic carbocycles. The number of anilines is 1. The van der Waals surface area contributed by atoms with Crippen LogP contribution in [-0.4, -0.2) is 31.8 Å². The molecule has 0 fully saturated rings. The predicted octanol–water partition coefficient (Wildman–Crippen LogP) is 5.12. The molecule has 0 saturated carbocycles. The summed E-state index contributed by atoms with van der Waals surface area (Å²) in [4.78, 5) is 12.0. The Balaban J connectivity index is 1.42. The van der Waals surface area contributed by atoms with Gasteiger partial charge in [0, 0.05) is 11.4 Å². The summed E-state index contributed by atoms with van der Waals surface area (Å²) in [5.74, 6) is 3.51. The SMILES string of the molecule is CCn1c(SCc2nc(N)c3c4c(sc3n2)CCCCC4)nnc1-c1ccccc1OC. The van der Waals surface area contributed by atoms with Crippen molar-refractivity contribution < 1.29 is 4.74 Å². The zero-order valence-electron chi connectivity index (χ0n) is 18.3. The molecule has 0 unspecified atom stereocenters. The van der Waals surface area contributed by atoms with Crippen LogP contribution in [0.2, 0.25) is 0 Å². The number of thioether (sulfide) groups is 1. The van der Waals surface area contributed by atoms with Crippen molar-refractivity contribution in [1.29, 1.82) is 0 Å². The van der Waals surface area contributed by atoms with Crippen molar-refractivity contribution in [2.75, 3.05) is 12.8 Å². The second kappa shape index (κ2) is 9.07. The molecule has 0 amide bonds. The van der Waals surface area contributed by atoms with Crippen LogP contribution >= 0.6 is 23.1 Å². The molecule has 7 nitrogen and oxygen atoms in total. The van der Waals surface area contributed by atoms with E-state index in [9.17, 15) is 0 Å². The molecule has 0 radical (unpaired) electrons. The zero-order chi connectivity index (χ0) is 22.1. The lowest BCUT2D eigenvalue weighted by atomic mass is 10.1. The molecule has 1 aliphatic carbocycles. The van der Waals surface area contributed by atoms with Gasteiger partial charge in [-0.15, -0.1) is 21.5 Å². The van der Waals surface area contributed by atoms with Crippen molar-refractivity contribution in [1.82, 2.24) is 24.7 Å². The largest absolute Gasteiger partial charge is 0.496 e. The summed E-state index contributed by atoms with van der Waals surface area (Å²) in [6.07, 6.45) is 5.97. The molecule has 3 heterocycles. The predicted molar refractivity (Wildman–Crippen MR) is 130 cm³/mol. The lowest BCUT2D eigenvalue weighted by molar-refractivity contribution is 0.416. The van der Waals surface area contributed by atoms with Gasteiger partial charge >= 0.3 is 0 Å². The van der Waals surface area contributed by atoms with Gasteiger partial charge in [0.05, 0.1) is 23.8 Å². The third-order valence-electron chi connectivity index (χ3n) is 5.85. The highest BCUT2D eigenvalue weighted by molar-refractivity contribution is 7.98. The zero-order valence-corrected chi connectivity index (χ0v) is 19.9. The minimum Gasteiger partial charge on any atom is -0.496 e. The third-order valence-corrected chi connectivity index (χ3v) is 8.00. The van der Waals surface area contributed by atoms with Crippen molar-refractivity contribution >= 4 is 39.1 Å². The van der Waals surface area contributed by atoms with Crippen molar-refractivity contribution in [2.24, 2.45) is 0 Å². The molecule has 9 heteroatoms. The first-order valence-electron chi connectivity index (χ1n) is 11.0. The molecule has 4 aromatic rings. The average Bonchev–Trinajstić information content (AvgIpc) is 3.30. The first-order chi connectivity index (χ1) is 15.7. The molecule has 1 aliphatic rings. The lowest BCUT2D eigenvalue weighted by Gasteiger charge is -2.10. The van der Waals surface area contributed by atoms with Gasteiger partial charge < -0.3 is 15.0 Å². The number of nitrogens with two attached hydrogens (primary N) is 1. The van der Waals surface area contributed by atoms with Crippen molar-refractivity contribution in [3.8, 4) is 17.1 Å². The van der Waals surface area contributed by atoms with E-state index in [0.717, 1.165) is 57.7 Å². The van der Waals surface area contributed by atoms with Gasteiger partial charge in [-0.25, -0.2) is 9.97 Å². The number of thiophene rings is 1. The van der Waals surface area contributed by atoms with E-state index in [1.54, 1.807) is 30.2 Å². The highest BCUT2D eigenvalue weighted by Gasteiger charge is 2.20. The number of para-hydroxylation sites is 1. The number of aryl methyl sites for hydroxylation is 2. The Labute approximate surface area is 195 Å². The number of rotatable bonds is 6. The first kappa shape index (κ1) is 21.2. The molecule has 0 bridgehead atoms. The summed E-state index contributed by atoms with van der Waals surface area (Å²) in [5.41, 5.74) is 8.72. The molecular weight excluding hydrogens is 440 g/mol. The summed E-state index contributed by atoms with van der Waals surface area (Å²) in [6, 6.07) is 7.87. The van der Waals surface area contributed by atoms with Gasteiger partial charge in [-0.1, -0.05) is 30.3 Å². The summed E-state index contributed by atoms with van der Waals surface area (Å²) in [5, 5.41) is 10.8. The van der Waals surface area contributed by atoms with E-state index in [-0.39, 0.29) is 0 Å². The average molecular weight is 467 g/mol. The Kier molecular flexibility index (Phi) is 6.01. The maximum Gasteiger partial charge on any atom is 0.191 e. The van der Waals surface area contributed by atoms with Crippen molar-refractivity contribution in [3.05, 3.63) is 40.5 Å². The van der Waals surface area contributed by atoms with Crippen LogP contribution in [0.25, 0.3) is 21.6 Å². The van der Waals surface area contributed by atoms with Gasteiger partial charge in [-0.05, 0) is 50.3 Å². The van der Waals surface area contributed by atoms with Crippen LogP contribution in [0, 0.1) is 0 Å². The Bertz CT molecular complexity index is 1270. The van der Waals surface area contributed by atoms with Crippen molar-refractivity contribution in [3.63, 3.8) is 0 Å². The van der Waals surface area contributed by atoms with E-state index >= 15 is 0 Å². The number of benzene rings is 1. The van der Waals surface area contributed by atoms with Gasteiger partial charge in [0.15, 0.2) is 11.0 Å². The van der Waals surface area contributed by atoms with E-state index in [0.29, 0.717) is 11.6 Å². The maximum atomic E-state index is 6.41. The highest BCUT2D eigenvalue weighted by atomic mass is 32.2. The van der Waals surface area contributed by atoms with Gasteiger partial charge in [0.1, 0.15) is 22.2 Å². The fourth-order valence-corrected chi connectivity index (χ4v) is 6.46. The quantitative estimate of drug-likeness (QED) is 0.311. The first-order valence-corrected chi connectivity index (χ1v) is 12.8. The van der Waals surface area contributed by atoms with Crippen LogP contribution in [0.15, 0.2) is 29.4 Å². The summed E-state index contributed by atoms with van der Waals surface area (Å²) in [6.45, 7) is 2.84. The van der Waals surface area contributed by atoms with Crippen LogP contribution in [0.4, 0.5) is 5.82 Å². The van der Waals surface area contributed by atoms with E-state index < -0.39 is 0 Å². The summed E-state index contributed by atoms with van der Waals surface area (Å²) in [7, 11) is 1.67. The molecule has 32 heavy (non-hydrogen) atoms. The molecule has 3 aromatic heterocycles. The molecule has 5 rings (SSSR count). The fraction of sp³-hybridized carbons (Fsp3) is 0.391. The monoisotopic (exact) mass is 466 g/mol. The fourth-order valence-electron chi connectivity index (χ4n) is 4.31. The number of aromatic nitrogens is 5. The number of ether oxygens (including phenoxy) is 1. The number of nitrogens with zero attached hydrogens (tertiary/aromatic N) is 5. The van der Waals surface area contributed by atoms with E-state index in [2.05, 4.69) is 26.7 Å². The second-order valence-corrected chi connectivity index (χ2v) is 9.84. The van der Waals surface area contributed by atoms with Crippen LogP contribution in [0.3, 0.4) is 0 Å². The van der Waals surface area contributed by atoms with E-state index in [1.165, 1.54) is 29.7 Å². The Morgan fingerprint density at radius 2 is 1.97 bits per heavy atom. The Morgan fingerprint density at radius 1 is 1.12 bits per heavy atom. The number of hydrogen-bond donors (Lipinski definition) is 1.